The van der Waals surface area contributed by atoms with Crippen LogP contribution in [0.1, 0.15) is 11.4 Å². The first-order valence-corrected chi connectivity index (χ1v) is 4.07. The van der Waals surface area contributed by atoms with Gasteiger partial charge in [-0.2, -0.15) is 10.5 Å². The van der Waals surface area contributed by atoms with E-state index in [4.69, 9.17) is 16.3 Å². The van der Waals surface area contributed by atoms with Gasteiger partial charge in [-0.15, -0.1) is 0 Å². The van der Waals surface area contributed by atoms with Gasteiger partial charge in [0.15, 0.2) is 5.70 Å². The topological polar surface area (TPSA) is 78.5 Å². The Morgan fingerprint density at radius 3 is 2.07 bits per heavy atom. The molecule has 1 aromatic heterocycles. The molecule has 1 rings (SSSR count). The monoisotopic (exact) mass is 186 g/mol. The zero-order chi connectivity index (χ0) is 10.7. The Balaban J connectivity index is 3.45. The molecular formula is C10H10N4. The van der Waals surface area contributed by atoms with Crippen LogP contribution in [0.5, 0.6) is 0 Å². The summed E-state index contributed by atoms with van der Waals surface area (Å²) >= 11 is 0. The van der Waals surface area contributed by atoms with E-state index in [1.807, 2.05) is 32.0 Å². The maximum atomic E-state index is 8.89. The number of hydrogen-bond donors (Lipinski definition) is 1. The van der Waals surface area contributed by atoms with Crippen LogP contribution in [-0.2, 0) is 0 Å². The smallest absolute Gasteiger partial charge is 0.158 e. The maximum Gasteiger partial charge on any atom is 0.158 e. The Labute approximate surface area is 82.5 Å². The molecule has 2 N–H and O–H groups in total. The van der Waals surface area contributed by atoms with Crippen LogP contribution in [0.15, 0.2) is 17.8 Å². The third-order valence-electron chi connectivity index (χ3n) is 1.98. The van der Waals surface area contributed by atoms with Crippen LogP contribution in [0.3, 0.4) is 0 Å². The Morgan fingerprint density at radius 1 is 1.21 bits per heavy atom. The first kappa shape index (κ1) is 9.88. The fourth-order valence-corrected chi connectivity index (χ4v) is 1.30. The van der Waals surface area contributed by atoms with Crippen LogP contribution in [0.2, 0.25) is 0 Å². The summed E-state index contributed by atoms with van der Waals surface area (Å²) in [5.41, 5.74) is 7.33. The summed E-state index contributed by atoms with van der Waals surface area (Å²) in [6.07, 6.45) is 0. The van der Waals surface area contributed by atoms with E-state index in [2.05, 4.69) is 0 Å². The number of allylic oxidation sites excluding steroid dienone is 2. The summed E-state index contributed by atoms with van der Waals surface area (Å²) in [6.45, 7) is 3.71. The summed E-state index contributed by atoms with van der Waals surface area (Å²) in [5, 5.41) is 17.5. The van der Waals surface area contributed by atoms with E-state index >= 15 is 0 Å². The number of aromatic nitrogens is 1. The Kier molecular flexibility index (Phi) is 2.59. The predicted octanol–water partition coefficient (Wildman–Crippen LogP) is 1.28. The molecule has 0 saturated carbocycles. The van der Waals surface area contributed by atoms with Crippen molar-refractivity contribution in [1.82, 2.24) is 4.57 Å². The molecule has 0 spiro atoms. The molecule has 4 heteroatoms. The van der Waals surface area contributed by atoms with Gasteiger partial charge in [-0.05, 0) is 26.0 Å². The summed E-state index contributed by atoms with van der Waals surface area (Å²) in [4.78, 5) is 0. The van der Waals surface area contributed by atoms with Crippen LogP contribution in [0, 0.1) is 36.5 Å². The molecule has 0 radical (unpaired) electrons. The zero-order valence-corrected chi connectivity index (χ0v) is 8.07. The lowest BCUT2D eigenvalue weighted by Gasteiger charge is -2.07. The molecule has 0 amide bonds. The lowest BCUT2D eigenvalue weighted by Crippen LogP contribution is -2.07. The third-order valence-corrected chi connectivity index (χ3v) is 1.98. The van der Waals surface area contributed by atoms with Crippen LogP contribution >= 0.6 is 0 Å². The molecule has 0 fully saturated rings. The van der Waals surface area contributed by atoms with Crippen molar-refractivity contribution in [2.75, 3.05) is 0 Å². The highest BCUT2D eigenvalue weighted by molar-refractivity contribution is 5.68. The number of nitrogens with two attached hydrogens (primary N) is 1. The second-order valence-electron chi connectivity index (χ2n) is 2.94. The SMILES string of the molecule is Cc1ccc(C)n1/C(C#N)=C(/N)C#N. The van der Waals surface area contributed by atoms with Gasteiger partial charge in [0.2, 0.25) is 0 Å². The second kappa shape index (κ2) is 3.68. The molecule has 0 aromatic carbocycles. The van der Waals surface area contributed by atoms with Gasteiger partial charge in [-0.3, -0.25) is 0 Å². The molecule has 14 heavy (non-hydrogen) atoms. The zero-order valence-electron chi connectivity index (χ0n) is 8.07. The van der Waals surface area contributed by atoms with E-state index in [0.29, 0.717) is 0 Å². The van der Waals surface area contributed by atoms with Crippen LogP contribution in [0.4, 0.5) is 0 Å². The molecule has 1 heterocycles. The Hall–Kier alpha value is -2.20. The summed E-state index contributed by atoms with van der Waals surface area (Å²) in [7, 11) is 0. The van der Waals surface area contributed by atoms with Crippen LogP contribution in [0.25, 0.3) is 5.70 Å². The maximum absolute atomic E-state index is 8.89. The molecular weight excluding hydrogens is 176 g/mol. The van der Waals surface area contributed by atoms with Crippen molar-refractivity contribution >= 4 is 5.70 Å². The molecule has 1 aromatic rings. The minimum Gasteiger partial charge on any atom is -0.388 e. The van der Waals surface area contributed by atoms with Crippen molar-refractivity contribution in [1.29, 1.82) is 10.5 Å². The number of nitrogens with zero attached hydrogens (tertiary/aromatic N) is 3. The highest BCUT2D eigenvalue weighted by Crippen LogP contribution is 2.15. The van der Waals surface area contributed by atoms with Crippen molar-refractivity contribution in [3.05, 3.63) is 29.2 Å². The highest BCUT2D eigenvalue weighted by Gasteiger charge is 2.09. The molecule has 0 bridgehead atoms. The average molecular weight is 186 g/mol. The average Bonchev–Trinajstić information content (AvgIpc) is 2.50. The van der Waals surface area contributed by atoms with E-state index in [0.717, 1.165) is 11.4 Å². The predicted molar refractivity (Wildman–Crippen MR) is 52.5 cm³/mol. The lowest BCUT2D eigenvalue weighted by atomic mass is 10.3. The van der Waals surface area contributed by atoms with E-state index in [9.17, 15) is 0 Å². The van der Waals surface area contributed by atoms with Gasteiger partial charge in [-0.25, -0.2) is 0 Å². The standard InChI is InChI=1S/C10H10N4/c1-7-3-4-8(2)14(7)10(6-12)9(13)5-11/h3-4H,13H2,1-2H3/b10-9+. The second-order valence-corrected chi connectivity index (χ2v) is 2.94. The first-order chi connectivity index (χ1) is 6.61. The highest BCUT2D eigenvalue weighted by atomic mass is 15.0. The van der Waals surface area contributed by atoms with E-state index < -0.39 is 0 Å². The van der Waals surface area contributed by atoms with Crippen molar-refractivity contribution in [2.45, 2.75) is 13.8 Å². The number of rotatable bonds is 1. The van der Waals surface area contributed by atoms with Gasteiger partial charge in [-0.1, -0.05) is 0 Å². The van der Waals surface area contributed by atoms with Crippen molar-refractivity contribution < 1.29 is 0 Å². The summed E-state index contributed by atoms with van der Waals surface area (Å²) < 4.78 is 1.67. The molecule has 0 unspecified atom stereocenters. The van der Waals surface area contributed by atoms with Crippen molar-refractivity contribution in [3.63, 3.8) is 0 Å². The van der Waals surface area contributed by atoms with Crippen molar-refractivity contribution in [2.24, 2.45) is 5.73 Å². The molecule has 0 aliphatic heterocycles. The third kappa shape index (κ3) is 1.46. The Morgan fingerprint density at radius 2 is 1.71 bits per heavy atom. The Bertz CT molecular complexity index is 446. The first-order valence-electron chi connectivity index (χ1n) is 4.07. The van der Waals surface area contributed by atoms with Gasteiger partial charge in [0.05, 0.1) is 0 Å². The van der Waals surface area contributed by atoms with E-state index in [1.54, 1.807) is 10.6 Å². The molecule has 70 valence electrons. The van der Waals surface area contributed by atoms with Gasteiger partial charge < -0.3 is 10.3 Å². The number of aryl methyl sites for hydroxylation is 2. The molecule has 0 saturated heterocycles. The van der Waals surface area contributed by atoms with Crippen LogP contribution in [-0.4, -0.2) is 4.57 Å². The van der Waals surface area contributed by atoms with Crippen molar-refractivity contribution in [3.8, 4) is 12.1 Å². The fraction of sp³-hybridized carbons (Fsp3) is 0.200. The molecule has 0 aliphatic rings. The summed E-state index contributed by atoms with van der Waals surface area (Å²) in [6, 6.07) is 7.45. The quantitative estimate of drug-likeness (QED) is 0.671. The fourth-order valence-electron chi connectivity index (χ4n) is 1.30. The van der Waals surface area contributed by atoms with Gasteiger partial charge >= 0.3 is 0 Å². The minimum absolute atomic E-state index is 0.0603. The molecule has 4 nitrogen and oxygen atoms in total. The molecule has 0 aliphatic carbocycles. The van der Waals surface area contributed by atoms with Gasteiger partial charge in [0.25, 0.3) is 0 Å². The van der Waals surface area contributed by atoms with E-state index in [-0.39, 0.29) is 11.4 Å². The lowest BCUT2D eigenvalue weighted by molar-refractivity contribution is 0.991. The van der Waals surface area contributed by atoms with Crippen LogP contribution < -0.4 is 5.73 Å². The van der Waals surface area contributed by atoms with Gasteiger partial charge in [0.1, 0.15) is 17.8 Å². The summed E-state index contributed by atoms with van der Waals surface area (Å²) in [5.74, 6) is 0. The largest absolute Gasteiger partial charge is 0.388 e. The number of hydrogen-bond acceptors (Lipinski definition) is 3. The number of nitriles is 2. The van der Waals surface area contributed by atoms with E-state index in [1.165, 1.54) is 0 Å². The minimum atomic E-state index is -0.0603. The normalized spacial score (nSPS) is 11.4. The van der Waals surface area contributed by atoms with Gasteiger partial charge in [0, 0.05) is 11.4 Å². The molecule has 0 atom stereocenters.